The van der Waals surface area contributed by atoms with Crippen molar-refractivity contribution in [2.45, 2.75) is 37.8 Å². The van der Waals surface area contributed by atoms with Gasteiger partial charge in [-0.25, -0.2) is 8.78 Å². The Labute approximate surface area is 183 Å². The van der Waals surface area contributed by atoms with Gasteiger partial charge >= 0.3 is 6.18 Å². The van der Waals surface area contributed by atoms with Gasteiger partial charge < -0.3 is 4.74 Å². The van der Waals surface area contributed by atoms with Gasteiger partial charge in [0.15, 0.2) is 11.6 Å². The fourth-order valence-electron chi connectivity index (χ4n) is 3.38. The zero-order valence-electron chi connectivity index (χ0n) is 17.3. The van der Waals surface area contributed by atoms with Crippen LogP contribution in [0.5, 0.6) is 11.5 Å². The van der Waals surface area contributed by atoms with Gasteiger partial charge in [-0.2, -0.15) is 13.2 Å². The van der Waals surface area contributed by atoms with E-state index < -0.39 is 28.8 Å². The van der Waals surface area contributed by atoms with E-state index >= 15 is 0 Å². The minimum absolute atomic E-state index is 0.0246. The molecule has 0 aliphatic carbocycles. The SMILES string of the molecule is C#CC(C)(CCCc1ccc(F)c(Oc2ccc(F)cc2)c1)c1ccc(C(F)(F)F)cc1. The molecule has 0 aromatic heterocycles. The van der Waals surface area contributed by atoms with Crippen LogP contribution < -0.4 is 4.74 Å². The van der Waals surface area contributed by atoms with Gasteiger partial charge in [-0.05, 0) is 85.8 Å². The van der Waals surface area contributed by atoms with Crippen molar-refractivity contribution in [1.29, 1.82) is 0 Å². The summed E-state index contributed by atoms with van der Waals surface area (Å²) in [6.45, 7) is 1.81. The molecule has 0 aliphatic heterocycles. The summed E-state index contributed by atoms with van der Waals surface area (Å²) in [5.41, 5.74) is -0.0132. The second-order valence-corrected chi connectivity index (χ2v) is 7.73. The smallest absolute Gasteiger partial charge is 0.416 e. The lowest BCUT2D eigenvalue weighted by atomic mass is 9.78. The second-order valence-electron chi connectivity index (χ2n) is 7.73. The number of halogens is 5. The first kappa shape index (κ1) is 23.3. The third-order valence-electron chi connectivity index (χ3n) is 5.35. The quantitative estimate of drug-likeness (QED) is 0.268. The van der Waals surface area contributed by atoms with Gasteiger partial charge in [0.1, 0.15) is 11.6 Å². The van der Waals surface area contributed by atoms with E-state index in [1.807, 2.05) is 6.92 Å². The van der Waals surface area contributed by atoms with Crippen molar-refractivity contribution in [1.82, 2.24) is 0 Å². The number of rotatable bonds is 7. The Morgan fingerprint density at radius 3 is 2.09 bits per heavy atom. The fraction of sp³-hybridized carbons (Fsp3) is 0.231. The summed E-state index contributed by atoms with van der Waals surface area (Å²) < 4.78 is 71.1. The summed E-state index contributed by atoms with van der Waals surface area (Å²) in [5, 5.41) is 0. The number of aryl methyl sites for hydroxylation is 1. The minimum Gasteiger partial charge on any atom is -0.454 e. The Bertz CT molecular complexity index is 1100. The Morgan fingerprint density at radius 1 is 0.875 bits per heavy atom. The number of alkyl halides is 3. The van der Waals surface area contributed by atoms with Gasteiger partial charge in [0, 0.05) is 0 Å². The van der Waals surface area contributed by atoms with Crippen molar-refractivity contribution < 1.29 is 26.7 Å². The lowest BCUT2D eigenvalue weighted by molar-refractivity contribution is -0.137. The van der Waals surface area contributed by atoms with E-state index in [0.717, 1.165) is 17.7 Å². The van der Waals surface area contributed by atoms with Crippen LogP contribution in [0.25, 0.3) is 0 Å². The van der Waals surface area contributed by atoms with Gasteiger partial charge in [0.05, 0.1) is 11.0 Å². The first-order chi connectivity index (χ1) is 15.1. The van der Waals surface area contributed by atoms with Crippen LogP contribution in [0.3, 0.4) is 0 Å². The highest BCUT2D eigenvalue weighted by Crippen LogP contribution is 2.34. The number of hydrogen-bond acceptors (Lipinski definition) is 1. The van der Waals surface area contributed by atoms with Crippen LogP contribution in [-0.4, -0.2) is 0 Å². The lowest BCUT2D eigenvalue weighted by Crippen LogP contribution is -2.20. The average Bonchev–Trinajstić information content (AvgIpc) is 2.77. The summed E-state index contributed by atoms with van der Waals surface area (Å²) in [4.78, 5) is 0. The van der Waals surface area contributed by atoms with Crippen LogP contribution in [0.2, 0.25) is 0 Å². The van der Waals surface area contributed by atoms with Crippen LogP contribution in [0, 0.1) is 24.0 Å². The highest BCUT2D eigenvalue weighted by Gasteiger charge is 2.31. The first-order valence-electron chi connectivity index (χ1n) is 9.98. The Hall–Kier alpha value is -3.33. The predicted molar refractivity (Wildman–Crippen MR) is 113 cm³/mol. The molecule has 32 heavy (non-hydrogen) atoms. The molecule has 1 atom stereocenters. The van der Waals surface area contributed by atoms with Crippen LogP contribution in [0.15, 0.2) is 66.7 Å². The summed E-state index contributed by atoms with van der Waals surface area (Å²) in [5.74, 6) is 2.07. The number of terminal acetylenes is 1. The van der Waals surface area contributed by atoms with Crippen molar-refractivity contribution in [3.05, 3.63) is 95.1 Å². The predicted octanol–water partition coefficient (Wildman–Crippen LogP) is 7.69. The molecule has 166 valence electrons. The van der Waals surface area contributed by atoms with Crippen LogP contribution in [0.1, 0.15) is 36.5 Å². The number of ether oxygens (including phenoxy) is 1. The van der Waals surface area contributed by atoms with E-state index in [1.165, 1.54) is 42.5 Å². The van der Waals surface area contributed by atoms with Crippen molar-refractivity contribution in [2.24, 2.45) is 0 Å². The Morgan fingerprint density at radius 2 is 1.50 bits per heavy atom. The van der Waals surface area contributed by atoms with Gasteiger partial charge in [0.2, 0.25) is 0 Å². The third-order valence-corrected chi connectivity index (χ3v) is 5.35. The van der Waals surface area contributed by atoms with Crippen LogP contribution in [-0.2, 0) is 18.0 Å². The third kappa shape index (κ3) is 5.67. The molecule has 3 aromatic rings. The number of benzene rings is 3. The van der Waals surface area contributed by atoms with E-state index in [4.69, 9.17) is 11.2 Å². The molecular weight excluding hydrogens is 423 g/mol. The normalized spacial score (nSPS) is 13.3. The molecule has 0 bridgehead atoms. The molecule has 0 heterocycles. The van der Waals surface area contributed by atoms with E-state index in [0.29, 0.717) is 30.6 Å². The van der Waals surface area contributed by atoms with E-state index in [1.54, 1.807) is 12.1 Å². The van der Waals surface area contributed by atoms with Gasteiger partial charge in [-0.1, -0.05) is 24.1 Å². The number of hydrogen-bond donors (Lipinski definition) is 0. The zero-order chi connectivity index (χ0) is 23.4. The molecule has 0 aliphatic rings. The highest BCUT2D eigenvalue weighted by atomic mass is 19.4. The maximum absolute atomic E-state index is 14.1. The first-order valence-corrected chi connectivity index (χ1v) is 9.98. The summed E-state index contributed by atoms with van der Waals surface area (Å²) in [7, 11) is 0. The van der Waals surface area contributed by atoms with E-state index in [-0.39, 0.29) is 5.75 Å². The average molecular weight is 444 g/mol. The van der Waals surface area contributed by atoms with Gasteiger partial charge in [-0.15, -0.1) is 6.42 Å². The topological polar surface area (TPSA) is 9.23 Å². The molecule has 0 saturated carbocycles. The van der Waals surface area contributed by atoms with Crippen LogP contribution in [0.4, 0.5) is 22.0 Å². The summed E-state index contributed by atoms with van der Waals surface area (Å²) in [6, 6.07) is 14.6. The molecule has 3 rings (SSSR count). The van der Waals surface area contributed by atoms with Crippen molar-refractivity contribution in [3.63, 3.8) is 0 Å². The monoisotopic (exact) mass is 444 g/mol. The molecule has 1 nitrogen and oxygen atoms in total. The molecule has 0 fully saturated rings. The van der Waals surface area contributed by atoms with Crippen LogP contribution >= 0.6 is 0 Å². The van der Waals surface area contributed by atoms with Gasteiger partial charge in [-0.3, -0.25) is 0 Å². The molecule has 3 aromatic carbocycles. The largest absolute Gasteiger partial charge is 0.454 e. The molecule has 1 unspecified atom stereocenters. The minimum atomic E-state index is -4.40. The van der Waals surface area contributed by atoms with Gasteiger partial charge in [0.25, 0.3) is 0 Å². The lowest BCUT2D eigenvalue weighted by Gasteiger charge is -2.25. The molecule has 0 amide bonds. The summed E-state index contributed by atoms with van der Waals surface area (Å²) >= 11 is 0. The molecule has 6 heteroatoms. The Balaban J connectivity index is 1.67. The summed E-state index contributed by atoms with van der Waals surface area (Å²) in [6.07, 6.45) is 3.04. The van der Waals surface area contributed by atoms with Crippen molar-refractivity contribution in [3.8, 4) is 23.8 Å². The standard InChI is InChI=1S/C26H21F5O/c1-3-25(2,19-7-9-20(10-8-19)26(29,30)31)16-4-5-18-6-15-23(28)24(17-18)32-22-13-11-21(27)12-14-22/h1,6-15,17H,4-5,16H2,2H3. The molecular formula is C26H21F5O. The van der Waals surface area contributed by atoms with E-state index in [2.05, 4.69) is 5.92 Å². The zero-order valence-corrected chi connectivity index (χ0v) is 17.3. The highest BCUT2D eigenvalue weighted by molar-refractivity contribution is 5.37. The van der Waals surface area contributed by atoms with E-state index in [9.17, 15) is 22.0 Å². The van der Waals surface area contributed by atoms with Crippen molar-refractivity contribution in [2.75, 3.05) is 0 Å². The molecule has 0 radical (unpaired) electrons. The molecule has 0 N–H and O–H groups in total. The second kappa shape index (κ2) is 9.44. The van der Waals surface area contributed by atoms with Crippen molar-refractivity contribution >= 4 is 0 Å². The molecule has 0 saturated heterocycles. The molecule has 0 spiro atoms. The maximum Gasteiger partial charge on any atom is 0.416 e. The Kier molecular flexibility index (Phi) is 6.88. The fourth-order valence-corrected chi connectivity index (χ4v) is 3.38. The maximum atomic E-state index is 14.1.